The van der Waals surface area contributed by atoms with Crippen LogP contribution in [0.3, 0.4) is 0 Å². The van der Waals surface area contributed by atoms with Gasteiger partial charge in [0.2, 0.25) is 0 Å². The van der Waals surface area contributed by atoms with Crippen LogP contribution in [0.1, 0.15) is 29.6 Å². The van der Waals surface area contributed by atoms with E-state index in [-0.39, 0.29) is 0 Å². The molecular formula is C21H22Cl2N2O. The van der Waals surface area contributed by atoms with E-state index in [2.05, 4.69) is 29.0 Å². The van der Waals surface area contributed by atoms with E-state index in [1.165, 1.54) is 11.3 Å². The Hall–Kier alpha value is -1.97. The van der Waals surface area contributed by atoms with Gasteiger partial charge in [0.05, 0.1) is 0 Å². The average molecular weight is 389 g/mol. The summed E-state index contributed by atoms with van der Waals surface area (Å²) in [6.07, 6.45) is 3.93. The highest BCUT2D eigenvalue weighted by Crippen LogP contribution is 2.23. The molecule has 0 aliphatic carbocycles. The minimum Gasteiger partial charge on any atom is -0.489 e. The molecule has 0 aliphatic heterocycles. The summed E-state index contributed by atoms with van der Waals surface area (Å²) >= 11 is 12.1. The number of aryl methyl sites for hydroxylation is 1. The maximum absolute atomic E-state index is 6.17. The van der Waals surface area contributed by atoms with Crippen LogP contribution in [0, 0.1) is 12.8 Å². The molecular weight excluding hydrogens is 367 g/mol. The molecule has 1 heterocycles. The van der Waals surface area contributed by atoms with Crippen molar-refractivity contribution in [3.05, 3.63) is 81.4 Å². The van der Waals surface area contributed by atoms with Crippen LogP contribution in [-0.2, 0) is 19.4 Å². The van der Waals surface area contributed by atoms with Crippen LogP contribution in [0.4, 0.5) is 0 Å². The minimum atomic E-state index is 0.422. The van der Waals surface area contributed by atoms with Gasteiger partial charge in [0.25, 0.3) is 0 Å². The van der Waals surface area contributed by atoms with Crippen LogP contribution in [-0.4, -0.2) is 9.97 Å². The molecule has 26 heavy (non-hydrogen) atoms. The maximum Gasteiger partial charge on any atom is 0.119 e. The molecule has 1 N–H and O–H groups in total. The topological polar surface area (TPSA) is 37.9 Å². The maximum atomic E-state index is 6.17. The normalized spacial score (nSPS) is 12.2. The number of rotatable bonds is 7. The lowest BCUT2D eigenvalue weighted by molar-refractivity contribution is 0.306. The lowest BCUT2D eigenvalue weighted by Gasteiger charge is -2.12. The Kier molecular flexibility index (Phi) is 6.23. The Morgan fingerprint density at radius 3 is 2.50 bits per heavy atom. The van der Waals surface area contributed by atoms with E-state index in [0.29, 0.717) is 22.6 Å². The third-order valence-electron chi connectivity index (χ3n) is 4.24. The summed E-state index contributed by atoms with van der Waals surface area (Å²) in [6.45, 7) is 4.65. The number of nitrogens with zero attached hydrogens (tertiary/aromatic N) is 1. The zero-order valence-electron chi connectivity index (χ0n) is 14.9. The first-order valence-corrected chi connectivity index (χ1v) is 9.41. The van der Waals surface area contributed by atoms with Crippen molar-refractivity contribution in [1.82, 2.24) is 9.97 Å². The molecule has 0 aliphatic rings. The molecule has 1 aromatic heterocycles. The third kappa shape index (κ3) is 5.26. The average Bonchev–Trinajstić information content (AvgIpc) is 3.00. The fraction of sp³-hybridized carbons (Fsp3) is 0.286. The fourth-order valence-electron chi connectivity index (χ4n) is 2.95. The highest BCUT2D eigenvalue weighted by atomic mass is 35.5. The lowest BCUT2D eigenvalue weighted by Crippen LogP contribution is -2.04. The van der Waals surface area contributed by atoms with Crippen molar-refractivity contribution in [3.63, 3.8) is 0 Å². The number of hydrogen-bond acceptors (Lipinski definition) is 2. The van der Waals surface area contributed by atoms with Gasteiger partial charge in [-0.2, -0.15) is 0 Å². The van der Waals surface area contributed by atoms with Gasteiger partial charge in [-0.3, -0.25) is 0 Å². The molecule has 3 nitrogen and oxygen atoms in total. The molecule has 0 bridgehead atoms. The summed E-state index contributed by atoms with van der Waals surface area (Å²) in [5.41, 5.74) is 3.41. The van der Waals surface area contributed by atoms with Crippen LogP contribution in [0.5, 0.6) is 5.75 Å². The number of nitrogens with one attached hydrogen (secondary N) is 1. The number of aromatic amines is 1. The van der Waals surface area contributed by atoms with Gasteiger partial charge in [-0.25, -0.2) is 4.98 Å². The van der Waals surface area contributed by atoms with Gasteiger partial charge >= 0.3 is 0 Å². The van der Waals surface area contributed by atoms with Crippen molar-refractivity contribution in [2.75, 3.05) is 0 Å². The van der Waals surface area contributed by atoms with Gasteiger partial charge in [-0.15, -0.1) is 0 Å². The zero-order chi connectivity index (χ0) is 18.5. The number of imidazole rings is 1. The van der Waals surface area contributed by atoms with Gasteiger partial charge in [0, 0.05) is 27.5 Å². The van der Waals surface area contributed by atoms with Crippen LogP contribution in [0.2, 0.25) is 10.0 Å². The minimum absolute atomic E-state index is 0.422. The molecule has 1 unspecified atom stereocenters. The largest absolute Gasteiger partial charge is 0.489 e. The smallest absolute Gasteiger partial charge is 0.119 e. The summed E-state index contributed by atoms with van der Waals surface area (Å²) in [5, 5.41) is 1.25. The second kappa shape index (κ2) is 8.61. The summed E-state index contributed by atoms with van der Waals surface area (Å²) in [5.74, 6) is 2.33. The molecule has 136 valence electrons. The second-order valence-electron chi connectivity index (χ2n) is 6.68. The highest BCUT2D eigenvalue weighted by molar-refractivity contribution is 6.35. The molecule has 0 radical (unpaired) electrons. The van der Waals surface area contributed by atoms with Crippen LogP contribution < -0.4 is 4.74 Å². The van der Waals surface area contributed by atoms with Crippen LogP contribution in [0.15, 0.2) is 48.7 Å². The molecule has 1 atom stereocenters. The van der Waals surface area contributed by atoms with E-state index in [4.69, 9.17) is 27.9 Å². The molecule has 5 heteroatoms. The van der Waals surface area contributed by atoms with E-state index in [1.54, 1.807) is 6.07 Å². The van der Waals surface area contributed by atoms with Crippen molar-refractivity contribution in [2.24, 2.45) is 5.92 Å². The molecule has 3 rings (SSSR count). The fourth-order valence-corrected chi connectivity index (χ4v) is 3.41. The standard InChI is InChI=1S/C21H22Cl2N2O/c1-14(10-19-12-24-15(2)25-19)9-16-3-7-20(8-4-16)26-13-17-5-6-18(22)11-21(17)23/h3-8,11-12,14H,9-10,13H2,1-2H3,(H,24,25). The zero-order valence-corrected chi connectivity index (χ0v) is 16.4. The Labute approximate surface area is 164 Å². The Morgan fingerprint density at radius 1 is 1.08 bits per heavy atom. The summed E-state index contributed by atoms with van der Waals surface area (Å²) in [7, 11) is 0. The molecule has 0 spiro atoms. The van der Waals surface area contributed by atoms with Gasteiger partial charge in [-0.1, -0.05) is 48.3 Å². The monoisotopic (exact) mass is 388 g/mol. The Balaban J connectivity index is 1.52. The number of ether oxygens (including phenoxy) is 1. The Morgan fingerprint density at radius 2 is 1.85 bits per heavy atom. The molecule has 0 saturated heterocycles. The molecule has 2 aromatic carbocycles. The highest BCUT2D eigenvalue weighted by Gasteiger charge is 2.08. The summed E-state index contributed by atoms with van der Waals surface area (Å²) in [4.78, 5) is 7.55. The summed E-state index contributed by atoms with van der Waals surface area (Å²) < 4.78 is 5.83. The first-order valence-electron chi connectivity index (χ1n) is 8.66. The van der Waals surface area contributed by atoms with Crippen molar-refractivity contribution in [3.8, 4) is 5.75 Å². The molecule has 3 aromatic rings. The quantitative estimate of drug-likeness (QED) is 0.536. The van der Waals surface area contributed by atoms with E-state index in [9.17, 15) is 0 Å². The lowest BCUT2D eigenvalue weighted by atomic mass is 9.97. The van der Waals surface area contributed by atoms with Crippen molar-refractivity contribution >= 4 is 23.2 Å². The van der Waals surface area contributed by atoms with Gasteiger partial charge in [0.1, 0.15) is 18.2 Å². The van der Waals surface area contributed by atoms with Crippen LogP contribution >= 0.6 is 23.2 Å². The predicted molar refractivity (Wildman–Crippen MR) is 107 cm³/mol. The van der Waals surface area contributed by atoms with Crippen LogP contribution in [0.25, 0.3) is 0 Å². The number of halogens is 2. The van der Waals surface area contributed by atoms with Gasteiger partial charge < -0.3 is 9.72 Å². The summed E-state index contributed by atoms with van der Waals surface area (Å²) in [6, 6.07) is 13.7. The van der Waals surface area contributed by atoms with Crippen molar-refractivity contribution in [1.29, 1.82) is 0 Å². The van der Waals surface area contributed by atoms with Crippen molar-refractivity contribution in [2.45, 2.75) is 33.3 Å². The van der Waals surface area contributed by atoms with E-state index < -0.39 is 0 Å². The van der Waals surface area contributed by atoms with Crippen molar-refractivity contribution < 1.29 is 4.74 Å². The predicted octanol–water partition coefficient (Wildman–Crippen LogP) is 6.03. The molecule has 0 saturated carbocycles. The molecule has 0 fully saturated rings. The van der Waals surface area contributed by atoms with E-state index in [0.717, 1.165) is 30.0 Å². The SMILES string of the molecule is Cc1ncc(CC(C)Cc2ccc(OCc3ccc(Cl)cc3Cl)cc2)[nH]1. The first kappa shape index (κ1) is 18.8. The van der Waals surface area contributed by atoms with E-state index in [1.807, 2.05) is 37.4 Å². The number of hydrogen-bond donors (Lipinski definition) is 1. The molecule has 0 amide bonds. The van der Waals surface area contributed by atoms with Gasteiger partial charge in [-0.05, 0) is 55.5 Å². The Bertz CT molecular complexity index is 859. The van der Waals surface area contributed by atoms with Gasteiger partial charge in [0.15, 0.2) is 0 Å². The number of H-pyrrole nitrogens is 1. The van der Waals surface area contributed by atoms with E-state index >= 15 is 0 Å². The third-order valence-corrected chi connectivity index (χ3v) is 4.83. The number of benzene rings is 2. The second-order valence-corrected chi connectivity index (χ2v) is 7.52. The number of aromatic nitrogens is 2. The first-order chi connectivity index (χ1) is 12.5.